The van der Waals surface area contributed by atoms with E-state index in [0.717, 1.165) is 22.3 Å². The summed E-state index contributed by atoms with van der Waals surface area (Å²) in [6.07, 6.45) is 0. The SMILES string of the molecule is NNC(c1ccc(Cl)cc1)c1cc2ccccc2o1. The van der Waals surface area contributed by atoms with Crippen LogP contribution in [0.3, 0.4) is 0 Å². The molecule has 0 spiro atoms. The Labute approximate surface area is 115 Å². The molecule has 1 aromatic heterocycles. The molecule has 2 aromatic carbocycles. The minimum atomic E-state index is -0.190. The number of fused-ring (bicyclic) bond motifs is 1. The predicted octanol–water partition coefficient (Wildman–Crippen LogP) is 3.64. The highest BCUT2D eigenvalue weighted by Gasteiger charge is 2.16. The first-order chi connectivity index (χ1) is 9.28. The molecule has 0 aliphatic heterocycles. The zero-order valence-corrected chi connectivity index (χ0v) is 10.9. The molecule has 3 rings (SSSR count). The molecule has 0 aliphatic rings. The van der Waals surface area contributed by atoms with Crippen LogP contribution in [0.4, 0.5) is 0 Å². The Morgan fingerprint density at radius 2 is 1.79 bits per heavy atom. The lowest BCUT2D eigenvalue weighted by Gasteiger charge is -2.13. The van der Waals surface area contributed by atoms with Gasteiger partial charge in [-0.05, 0) is 29.8 Å². The van der Waals surface area contributed by atoms with Crippen LogP contribution in [0, 0.1) is 0 Å². The van der Waals surface area contributed by atoms with Crippen molar-refractivity contribution in [2.24, 2.45) is 5.84 Å². The fourth-order valence-electron chi connectivity index (χ4n) is 2.14. The molecule has 1 atom stereocenters. The Morgan fingerprint density at radius 1 is 1.05 bits per heavy atom. The van der Waals surface area contributed by atoms with E-state index in [1.54, 1.807) is 0 Å². The molecular formula is C15H13ClN2O. The molecule has 0 radical (unpaired) electrons. The van der Waals surface area contributed by atoms with Gasteiger partial charge in [-0.25, -0.2) is 5.43 Å². The number of hydrogen-bond donors (Lipinski definition) is 2. The predicted molar refractivity (Wildman–Crippen MR) is 76.8 cm³/mol. The second-order valence-electron chi connectivity index (χ2n) is 4.34. The van der Waals surface area contributed by atoms with Crippen molar-refractivity contribution in [1.29, 1.82) is 0 Å². The molecular weight excluding hydrogens is 260 g/mol. The Kier molecular flexibility index (Phi) is 3.25. The summed E-state index contributed by atoms with van der Waals surface area (Å²) in [7, 11) is 0. The van der Waals surface area contributed by atoms with Gasteiger partial charge in [-0.3, -0.25) is 5.84 Å². The highest BCUT2D eigenvalue weighted by molar-refractivity contribution is 6.30. The van der Waals surface area contributed by atoms with Crippen LogP contribution in [0.1, 0.15) is 17.4 Å². The molecule has 0 bridgehead atoms. The van der Waals surface area contributed by atoms with Crippen LogP contribution in [-0.4, -0.2) is 0 Å². The number of nitrogens with one attached hydrogen (secondary N) is 1. The average Bonchev–Trinajstić information content (AvgIpc) is 2.85. The van der Waals surface area contributed by atoms with Gasteiger partial charge in [0.2, 0.25) is 0 Å². The number of nitrogens with two attached hydrogens (primary N) is 1. The summed E-state index contributed by atoms with van der Waals surface area (Å²) < 4.78 is 5.83. The molecule has 0 aliphatic carbocycles. The van der Waals surface area contributed by atoms with E-state index in [2.05, 4.69) is 5.43 Å². The van der Waals surface area contributed by atoms with Crippen molar-refractivity contribution in [3.8, 4) is 0 Å². The van der Waals surface area contributed by atoms with E-state index in [1.807, 2.05) is 54.6 Å². The van der Waals surface area contributed by atoms with E-state index < -0.39 is 0 Å². The summed E-state index contributed by atoms with van der Waals surface area (Å²) in [6.45, 7) is 0. The van der Waals surface area contributed by atoms with Crippen molar-refractivity contribution in [3.63, 3.8) is 0 Å². The number of furan rings is 1. The number of benzene rings is 2. The van der Waals surface area contributed by atoms with Gasteiger partial charge in [0.1, 0.15) is 17.4 Å². The molecule has 96 valence electrons. The lowest BCUT2D eigenvalue weighted by molar-refractivity contribution is 0.477. The third-order valence-corrected chi connectivity index (χ3v) is 3.35. The standard InChI is InChI=1S/C15H13ClN2O/c16-12-7-5-10(6-8-12)15(18-17)14-9-11-3-1-2-4-13(11)19-14/h1-9,15,18H,17H2. The molecule has 3 N–H and O–H groups in total. The minimum absolute atomic E-state index is 0.190. The minimum Gasteiger partial charge on any atom is -0.459 e. The summed E-state index contributed by atoms with van der Waals surface area (Å²) in [6, 6.07) is 17.2. The summed E-state index contributed by atoms with van der Waals surface area (Å²) in [4.78, 5) is 0. The normalized spacial score (nSPS) is 12.7. The van der Waals surface area contributed by atoms with Gasteiger partial charge in [0.25, 0.3) is 0 Å². The number of halogens is 1. The summed E-state index contributed by atoms with van der Waals surface area (Å²) in [5.41, 5.74) is 4.64. The quantitative estimate of drug-likeness (QED) is 0.565. The van der Waals surface area contributed by atoms with Crippen molar-refractivity contribution in [3.05, 3.63) is 70.9 Å². The van der Waals surface area contributed by atoms with E-state index in [-0.39, 0.29) is 6.04 Å². The molecule has 4 heteroatoms. The van der Waals surface area contributed by atoms with Crippen molar-refractivity contribution in [2.75, 3.05) is 0 Å². The maximum absolute atomic E-state index is 5.89. The third kappa shape index (κ3) is 2.36. The van der Waals surface area contributed by atoms with E-state index in [4.69, 9.17) is 21.9 Å². The molecule has 0 saturated heterocycles. The Bertz CT molecular complexity index is 658. The average molecular weight is 273 g/mol. The van der Waals surface area contributed by atoms with Crippen LogP contribution in [0.5, 0.6) is 0 Å². The van der Waals surface area contributed by atoms with E-state index in [1.165, 1.54) is 0 Å². The van der Waals surface area contributed by atoms with Gasteiger partial charge >= 0.3 is 0 Å². The van der Waals surface area contributed by atoms with Crippen molar-refractivity contribution < 1.29 is 4.42 Å². The topological polar surface area (TPSA) is 51.2 Å². The first-order valence-electron chi connectivity index (χ1n) is 5.98. The largest absolute Gasteiger partial charge is 0.459 e. The van der Waals surface area contributed by atoms with Gasteiger partial charge in [0, 0.05) is 10.4 Å². The van der Waals surface area contributed by atoms with Crippen molar-refractivity contribution in [2.45, 2.75) is 6.04 Å². The zero-order chi connectivity index (χ0) is 13.2. The van der Waals surface area contributed by atoms with Crippen LogP contribution in [0.25, 0.3) is 11.0 Å². The second kappa shape index (κ2) is 5.05. The maximum Gasteiger partial charge on any atom is 0.134 e. The highest BCUT2D eigenvalue weighted by Crippen LogP contribution is 2.28. The van der Waals surface area contributed by atoms with E-state index >= 15 is 0 Å². The molecule has 3 aromatic rings. The fourth-order valence-corrected chi connectivity index (χ4v) is 2.27. The molecule has 3 nitrogen and oxygen atoms in total. The van der Waals surface area contributed by atoms with Crippen LogP contribution in [0.2, 0.25) is 5.02 Å². The van der Waals surface area contributed by atoms with Crippen molar-refractivity contribution in [1.82, 2.24) is 5.43 Å². The number of rotatable bonds is 3. The lowest BCUT2D eigenvalue weighted by Crippen LogP contribution is -2.28. The first kappa shape index (κ1) is 12.2. The van der Waals surface area contributed by atoms with Crippen LogP contribution in [-0.2, 0) is 0 Å². The number of para-hydroxylation sites is 1. The summed E-state index contributed by atoms with van der Waals surface area (Å²) in [5.74, 6) is 6.44. The van der Waals surface area contributed by atoms with Gasteiger partial charge in [-0.15, -0.1) is 0 Å². The van der Waals surface area contributed by atoms with Gasteiger partial charge in [-0.2, -0.15) is 0 Å². The van der Waals surface area contributed by atoms with Crippen LogP contribution in [0.15, 0.2) is 59.0 Å². The van der Waals surface area contributed by atoms with Gasteiger partial charge in [-0.1, -0.05) is 41.9 Å². The number of hydrogen-bond acceptors (Lipinski definition) is 3. The maximum atomic E-state index is 5.89. The Hall–Kier alpha value is -1.81. The van der Waals surface area contributed by atoms with E-state index in [9.17, 15) is 0 Å². The van der Waals surface area contributed by atoms with Crippen molar-refractivity contribution >= 4 is 22.6 Å². The van der Waals surface area contributed by atoms with Crippen LogP contribution >= 0.6 is 11.6 Å². The molecule has 0 saturated carbocycles. The van der Waals surface area contributed by atoms with Crippen LogP contribution < -0.4 is 11.3 Å². The van der Waals surface area contributed by atoms with Gasteiger partial charge in [0.05, 0.1) is 0 Å². The van der Waals surface area contributed by atoms with Gasteiger partial charge < -0.3 is 4.42 Å². The smallest absolute Gasteiger partial charge is 0.134 e. The molecule has 0 amide bonds. The molecule has 1 heterocycles. The summed E-state index contributed by atoms with van der Waals surface area (Å²) in [5, 5.41) is 1.76. The Balaban J connectivity index is 2.04. The van der Waals surface area contributed by atoms with E-state index in [0.29, 0.717) is 5.02 Å². The first-order valence-corrected chi connectivity index (χ1v) is 6.36. The Morgan fingerprint density at radius 3 is 2.47 bits per heavy atom. The molecule has 19 heavy (non-hydrogen) atoms. The number of hydrazine groups is 1. The second-order valence-corrected chi connectivity index (χ2v) is 4.77. The highest BCUT2D eigenvalue weighted by atomic mass is 35.5. The zero-order valence-electron chi connectivity index (χ0n) is 10.1. The third-order valence-electron chi connectivity index (χ3n) is 3.10. The molecule has 0 fully saturated rings. The summed E-state index contributed by atoms with van der Waals surface area (Å²) >= 11 is 5.89. The fraction of sp³-hybridized carbons (Fsp3) is 0.0667. The molecule has 1 unspecified atom stereocenters. The van der Waals surface area contributed by atoms with Gasteiger partial charge in [0.15, 0.2) is 0 Å². The monoisotopic (exact) mass is 272 g/mol. The lowest BCUT2D eigenvalue weighted by atomic mass is 10.1.